The molecule has 1 aliphatic heterocycles. The molecule has 11 rings (SSSR count). The number of oxime groups is 1. The molecule has 0 spiro atoms. The number of esters is 3. The summed E-state index contributed by atoms with van der Waals surface area (Å²) < 4.78 is 107. The van der Waals surface area contributed by atoms with Crippen LogP contribution in [0.5, 0.6) is 5.75 Å². The second-order valence-corrected chi connectivity index (χ2v) is 24.9. The van der Waals surface area contributed by atoms with Crippen LogP contribution in [0.2, 0.25) is 0 Å². The topological polar surface area (TPSA) is 432 Å². The number of anilines is 1. The zero-order valence-corrected chi connectivity index (χ0v) is 63.1. The van der Waals surface area contributed by atoms with Crippen molar-refractivity contribution in [3.05, 3.63) is 212 Å². The minimum atomic E-state index is -0.750. The number of aliphatic hydroxyl groups excluding tert-OH is 1. The van der Waals surface area contributed by atoms with Crippen LogP contribution in [0.15, 0.2) is 156 Å². The highest BCUT2D eigenvalue weighted by atomic mass is 79.9. The summed E-state index contributed by atoms with van der Waals surface area (Å²) in [7, 11) is 0. The molecule has 26 nitrogen and oxygen atoms in total. The number of aliphatic hydroxyl groups is 2. The van der Waals surface area contributed by atoms with E-state index >= 15 is 0 Å². The van der Waals surface area contributed by atoms with Gasteiger partial charge in [0.05, 0.1) is 95.6 Å². The number of halogens is 11. The fourth-order valence-electron chi connectivity index (χ4n) is 7.70. The van der Waals surface area contributed by atoms with Gasteiger partial charge in [0.15, 0.2) is 12.1 Å². The van der Waals surface area contributed by atoms with E-state index < -0.39 is 64.6 Å². The summed E-state index contributed by atoms with van der Waals surface area (Å²) in [5.74, 6) is -1.56. The Balaban J connectivity index is 0.000000413. The summed E-state index contributed by atoms with van der Waals surface area (Å²) in [6, 6.07) is 16.3. The number of ether oxygens (including phenoxy) is 4. The van der Waals surface area contributed by atoms with Gasteiger partial charge < -0.3 is 68.1 Å². The molecule has 37 heteroatoms. The number of benzene rings is 6. The molecule has 6 aromatic carbocycles. The first kappa shape index (κ1) is 90.1. The van der Waals surface area contributed by atoms with E-state index in [1.807, 2.05) is 27.7 Å². The molecule has 0 amide bonds. The fraction of sp³-hybridized carbons (Fsp3) is 0.197. The smallest absolute Gasteiger partial charge is 0.340 e. The number of nitriles is 1. The highest BCUT2D eigenvalue weighted by molar-refractivity contribution is 9.11. The minimum Gasteiger partial charge on any atom is -0.507 e. The van der Waals surface area contributed by atoms with E-state index in [4.69, 9.17) is 68.6 Å². The van der Waals surface area contributed by atoms with E-state index in [9.17, 15) is 65.1 Å². The number of Topliss-reactive ketones (excluding diaryl/α,β-unsaturated/α-hetero) is 1. The van der Waals surface area contributed by atoms with Gasteiger partial charge in [0.1, 0.15) is 107 Å². The Morgan fingerprint density at radius 1 is 0.592 bits per heavy atom. The van der Waals surface area contributed by atoms with Gasteiger partial charge in [-0.1, -0.05) is 5.16 Å². The van der Waals surface area contributed by atoms with Gasteiger partial charge in [-0.25, -0.2) is 32.6 Å². The van der Waals surface area contributed by atoms with Crippen molar-refractivity contribution in [2.24, 2.45) is 11.1 Å². The molecular formula is C66H57Br5ClF5N4O22. The van der Waals surface area contributed by atoms with Gasteiger partial charge in [0.25, 0.3) is 0 Å². The molecule has 0 bridgehead atoms. The molecule has 0 atom stereocenters. The van der Waals surface area contributed by atoms with E-state index in [0.717, 1.165) is 55.3 Å². The predicted octanol–water partition coefficient (Wildman–Crippen LogP) is 14.0. The van der Waals surface area contributed by atoms with Crippen molar-refractivity contribution < 1.29 is 108 Å². The summed E-state index contributed by atoms with van der Waals surface area (Å²) in [6.45, 7) is 13.4. The molecule has 0 radical (unpaired) electrons. The van der Waals surface area contributed by atoms with Crippen LogP contribution in [-0.4, -0.2) is 93.3 Å². The molecule has 1 fully saturated rings. The maximum atomic E-state index is 13.6. The highest BCUT2D eigenvalue weighted by Gasteiger charge is 2.44. The standard InChI is InChI=1S/C16H11BrFNO4.C10H5BrFNO3.C10H3BrFNO2.C10H4BrFO3.C8H6BrFO2.C7H14O2.C4H6O3.CH4O2.ClH.H3NO/c1-2-22-16(21)7-3-8-14(6-12(7)19)23-13-5-11(18)10(17)4-9(13)15(8)20;11-7-1-6-9(2-8(7)12)16-4-5(3-13-15)10(6)14;2*11-7-1-6-9(2-8(7)12)15-4-5(3-13)10(6)14;1-4(11)5-2-6(9)7(10)3-8(5)12;1-6(2)7(3,4)9-5-8-6;1-3(5)7-4(2)6;2-1-3;;1-2/h3-6H,2,19H2,1H3;1-4,15H;1-2,4H;1-4H;2-3,12H,1H3;5H2,1-4H3;1-2H3;2-3H,1H2;1H;2H,1H2/b;13-3-;;;;;;;;. The van der Waals surface area contributed by atoms with Gasteiger partial charge in [0.2, 0.25) is 21.7 Å². The maximum Gasteiger partial charge on any atom is 0.340 e. The number of hydrogen-bond donors (Lipinski definition) is 7. The van der Waals surface area contributed by atoms with Gasteiger partial charge in [-0.2, -0.15) is 5.26 Å². The van der Waals surface area contributed by atoms with E-state index in [0.29, 0.717) is 13.1 Å². The third-order valence-electron chi connectivity index (χ3n) is 13.3. The Labute approximate surface area is 625 Å². The van der Waals surface area contributed by atoms with Crippen molar-refractivity contribution in [3.8, 4) is 11.8 Å². The third kappa shape index (κ3) is 24.6. The van der Waals surface area contributed by atoms with Crippen LogP contribution in [-0.2, 0) is 28.5 Å². The summed E-state index contributed by atoms with van der Waals surface area (Å²) >= 11 is 14.8. The molecule has 9 N–H and O–H groups in total. The fourth-order valence-corrected chi connectivity index (χ4v) is 9.42. The average molecular weight is 1790 g/mol. The quantitative estimate of drug-likeness (QED) is 0.00719. The molecule has 1 aliphatic rings. The number of nitrogen functional groups attached to an aromatic ring is 1. The molecule has 10 aromatic rings. The van der Waals surface area contributed by atoms with Crippen molar-refractivity contribution in [3.63, 3.8) is 0 Å². The van der Waals surface area contributed by atoms with Crippen LogP contribution in [0, 0.1) is 40.4 Å². The lowest BCUT2D eigenvalue weighted by Crippen LogP contribution is -2.41. The number of rotatable bonds is 5. The second-order valence-electron chi connectivity index (χ2n) is 20.6. The second kappa shape index (κ2) is 41.4. The van der Waals surface area contributed by atoms with Crippen molar-refractivity contribution >= 4 is 189 Å². The lowest BCUT2D eigenvalue weighted by molar-refractivity contribution is -0.156. The number of phenolic OH excluding ortho intramolecular Hbond substituents is 1. The summed E-state index contributed by atoms with van der Waals surface area (Å²) in [4.78, 5) is 100. The number of nitrogens with two attached hydrogens (primary N) is 2. The van der Waals surface area contributed by atoms with Gasteiger partial charge in [-0.05, 0) is 158 Å². The Morgan fingerprint density at radius 3 is 1.34 bits per heavy atom. The molecule has 4 aromatic heterocycles. The normalized spacial score (nSPS) is 11.9. The van der Waals surface area contributed by atoms with Gasteiger partial charge in [0, 0.05) is 55.9 Å². The molecule has 1 saturated heterocycles. The van der Waals surface area contributed by atoms with Gasteiger partial charge >= 0.3 is 17.9 Å². The highest BCUT2D eigenvalue weighted by Crippen LogP contribution is 2.35. The Hall–Kier alpha value is -8.97. The average Bonchev–Trinajstić information content (AvgIpc) is 1.44. The largest absolute Gasteiger partial charge is 0.507 e. The van der Waals surface area contributed by atoms with Crippen LogP contribution in [0.25, 0.3) is 54.8 Å². The van der Waals surface area contributed by atoms with Crippen LogP contribution in [0.3, 0.4) is 0 Å². The first-order valence-corrected chi connectivity index (χ1v) is 32.0. The number of fused-ring (bicyclic) bond motifs is 5. The van der Waals surface area contributed by atoms with Crippen molar-refractivity contribution in [2.75, 3.05) is 25.9 Å². The predicted molar refractivity (Wildman–Crippen MR) is 384 cm³/mol. The van der Waals surface area contributed by atoms with Crippen molar-refractivity contribution in [1.29, 1.82) is 5.26 Å². The summed E-state index contributed by atoms with van der Waals surface area (Å²) in [5, 5.41) is 50.5. The number of nitrogens with zero attached hydrogens (tertiary/aromatic N) is 2. The zero-order chi connectivity index (χ0) is 77.4. The Kier molecular flexibility index (Phi) is 36.2. The molecule has 0 unspecified atom stereocenters. The zero-order valence-electron chi connectivity index (χ0n) is 54.3. The SMILES string of the molecule is CC(=O)OC(C)=O.CC(=O)c1cc(Br)c(F)cc1O.CC1(C)OCOC1(C)C.CCOC(=O)c1cc2c(=O)c3cc(Br)c(F)cc3oc2cc1N.Cl.N#Cc1coc2cc(F)c(Br)cc2c1=O.NO.O=Cc1coc2cc(F)c(Br)cc2c1=O.O=c1c(/C=N\O)coc2cc(F)c(Br)cc12.OCO. The Bertz CT molecular complexity index is 5080. The molecular weight excluding hydrogens is 1730 g/mol. The number of hydrogen-bond acceptors (Lipinski definition) is 26. The molecule has 0 aliphatic carbocycles. The van der Waals surface area contributed by atoms with E-state index in [1.165, 1.54) is 63.2 Å². The molecule has 103 heavy (non-hydrogen) atoms. The first-order valence-electron chi connectivity index (χ1n) is 28.0. The van der Waals surface area contributed by atoms with Crippen LogP contribution in [0.4, 0.5) is 27.6 Å². The number of aromatic hydroxyl groups is 1. The Morgan fingerprint density at radius 2 is 0.961 bits per heavy atom. The number of ketones is 1. The van der Waals surface area contributed by atoms with Crippen LogP contribution >= 0.6 is 92.1 Å². The lowest BCUT2D eigenvalue weighted by atomic mass is 9.90. The van der Waals surface area contributed by atoms with E-state index in [1.54, 1.807) is 13.0 Å². The van der Waals surface area contributed by atoms with Gasteiger partial charge in [-0.15, -0.1) is 12.4 Å². The van der Waals surface area contributed by atoms with E-state index in [-0.39, 0.29) is 163 Å². The maximum absolute atomic E-state index is 13.6. The number of carbonyl (C=O) groups is 5. The molecule has 5 heterocycles. The minimum absolute atomic E-state index is 0. The molecule has 550 valence electrons. The van der Waals surface area contributed by atoms with Crippen LogP contribution < -0.4 is 33.3 Å². The monoisotopic (exact) mass is 1780 g/mol. The van der Waals surface area contributed by atoms with Crippen LogP contribution in [0.1, 0.15) is 97.6 Å². The van der Waals surface area contributed by atoms with E-state index in [2.05, 4.69) is 95.4 Å². The lowest BCUT2D eigenvalue weighted by Gasteiger charge is -2.30. The van der Waals surface area contributed by atoms with Crippen molar-refractivity contribution in [2.45, 2.75) is 66.6 Å². The van der Waals surface area contributed by atoms with Crippen molar-refractivity contribution in [1.82, 2.24) is 0 Å². The molecule has 0 saturated carbocycles. The number of aldehydes is 1. The third-order valence-corrected chi connectivity index (χ3v) is 16.4. The number of phenols is 1. The first-order chi connectivity index (χ1) is 47.8. The summed E-state index contributed by atoms with van der Waals surface area (Å²) in [6.07, 6.45) is 4.52. The van der Waals surface area contributed by atoms with Gasteiger partial charge in [-0.3, -0.25) is 38.4 Å². The number of carbonyl (C=O) groups excluding carboxylic acids is 5. The summed E-state index contributed by atoms with van der Waals surface area (Å²) in [5.41, 5.74) is 4.76.